The lowest BCUT2D eigenvalue weighted by Gasteiger charge is -2.02. The fourth-order valence-electron chi connectivity index (χ4n) is 1.37. The number of fused-ring (bicyclic) bond motifs is 1. The predicted octanol–water partition coefficient (Wildman–Crippen LogP) is 0.744. The second-order valence-electron chi connectivity index (χ2n) is 2.96. The highest BCUT2D eigenvalue weighted by molar-refractivity contribution is 5.94. The van der Waals surface area contributed by atoms with E-state index in [1.54, 1.807) is 18.2 Å². The van der Waals surface area contributed by atoms with Crippen LogP contribution in [0.1, 0.15) is 10.5 Å². The van der Waals surface area contributed by atoms with Crippen molar-refractivity contribution in [2.75, 3.05) is 7.11 Å². The SMILES string of the molecule is COc1ccc2c(C=O)[nH]c(=O)nc2c1. The lowest BCUT2D eigenvalue weighted by molar-refractivity contribution is 0.112. The molecule has 1 aromatic carbocycles. The second-order valence-corrected chi connectivity index (χ2v) is 2.96. The number of rotatable bonds is 2. The number of nitrogens with zero attached hydrogens (tertiary/aromatic N) is 1. The summed E-state index contributed by atoms with van der Waals surface area (Å²) in [6, 6.07) is 4.99. The van der Waals surface area contributed by atoms with Crippen molar-refractivity contribution in [3.8, 4) is 5.75 Å². The molecule has 0 radical (unpaired) electrons. The molecular formula is C10H8N2O3. The van der Waals surface area contributed by atoms with Gasteiger partial charge in [0.25, 0.3) is 0 Å². The lowest BCUT2D eigenvalue weighted by Crippen LogP contribution is -2.12. The molecule has 0 aliphatic heterocycles. The summed E-state index contributed by atoms with van der Waals surface area (Å²) in [5, 5.41) is 0.602. The van der Waals surface area contributed by atoms with Crippen LogP contribution in [0.4, 0.5) is 0 Å². The fraction of sp³-hybridized carbons (Fsp3) is 0.100. The van der Waals surface area contributed by atoms with Crippen molar-refractivity contribution in [2.45, 2.75) is 0 Å². The predicted molar refractivity (Wildman–Crippen MR) is 54.3 cm³/mol. The van der Waals surface area contributed by atoms with Crippen LogP contribution in [0, 0.1) is 0 Å². The molecule has 0 saturated carbocycles. The number of carbonyl (C=O) groups excluding carboxylic acids is 1. The Morgan fingerprint density at radius 3 is 2.93 bits per heavy atom. The average Bonchev–Trinajstić information content (AvgIpc) is 2.26. The number of H-pyrrole nitrogens is 1. The first-order valence-corrected chi connectivity index (χ1v) is 4.28. The van der Waals surface area contributed by atoms with Gasteiger partial charge in [-0.3, -0.25) is 4.79 Å². The number of hydrogen-bond acceptors (Lipinski definition) is 4. The molecule has 0 fully saturated rings. The molecule has 1 N–H and O–H groups in total. The molecule has 0 saturated heterocycles. The van der Waals surface area contributed by atoms with E-state index in [2.05, 4.69) is 9.97 Å². The van der Waals surface area contributed by atoms with Crippen molar-refractivity contribution in [1.82, 2.24) is 9.97 Å². The number of carbonyl (C=O) groups is 1. The van der Waals surface area contributed by atoms with Gasteiger partial charge in [0.15, 0.2) is 6.29 Å². The van der Waals surface area contributed by atoms with E-state index in [0.717, 1.165) is 0 Å². The van der Waals surface area contributed by atoms with Gasteiger partial charge >= 0.3 is 5.69 Å². The topological polar surface area (TPSA) is 72.1 Å². The van der Waals surface area contributed by atoms with Gasteiger partial charge in [0, 0.05) is 11.5 Å². The molecule has 0 aliphatic rings. The summed E-state index contributed by atoms with van der Waals surface area (Å²) in [5.74, 6) is 0.595. The summed E-state index contributed by atoms with van der Waals surface area (Å²) >= 11 is 0. The zero-order valence-electron chi connectivity index (χ0n) is 7.98. The fourth-order valence-corrected chi connectivity index (χ4v) is 1.37. The molecule has 0 atom stereocenters. The minimum atomic E-state index is -0.544. The first-order valence-electron chi connectivity index (χ1n) is 4.28. The molecule has 1 heterocycles. The third kappa shape index (κ3) is 1.59. The Morgan fingerprint density at radius 1 is 1.47 bits per heavy atom. The van der Waals surface area contributed by atoms with Crippen LogP contribution in [0.25, 0.3) is 10.9 Å². The maximum atomic E-state index is 11.1. The summed E-state index contributed by atoms with van der Waals surface area (Å²) in [5.41, 5.74) is 0.130. The Morgan fingerprint density at radius 2 is 2.27 bits per heavy atom. The first-order chi connectivity index (χ1) is 7.24. The van der Waals surface area contributed by atoms with E-state index in [-0.39, 0.29) is 5.69 Å². The van der Waals surface area contributed by atoms with Crippen LogP contribution in [0.3, 0.4) is 0 Å². The van der Waals surface area contributed by atoms with Gasteiger partial charge in [0.2, 0.25) is 0 Å². The molecule has 0 aliphatic carbocycles. The zero-order chi connectivity index (χ0) is 10.8. The Hall–Kier alpha value is -2.17. The molecule has 0 amide bonds. The van der Waals surface area contributed by atoms with Gasteiger partial charge in [0.1, 0.15) is 5.75 Å². The number of aromatic amines is 1. The third-order valence-electron chi connectivity index (χ3n) is 2.08. The van der Waals surface area contributed by atoms with Crippen LogP contribution in [0.5, 0.6) is 5.75 Å². The van der Waals surface area contributed by atoms with Crippen LogP contribution in [0.2, 0.25) is 0 Å². The van der Waals surface area contributed by atoms with Crippen molar-refractivity contribution in [3.05, 3.63) is 34.4 Å². The van der Waals surface area contributed by atoms with E-state index in [1.807, 2.05) is 0 Å². The highest BCUT2D eigenvalue weighted by Gasteiger charge is 2.04. The Bertz CT molecular complexity index is 574. The molecule has 1 aromatic heterocycles. The Balaban J connectivity index is 2.83. The van der Waals surface area contributed by atoms with Gasteiger partial charge in [-0.2, -0.15) is 4.98 Å². The van der Waals surface area contributed by atoms with Gasteiger partial charge in [-0.15, -0.1) is 0 Å². The van der Waals surface area contributed by atoms with Crippen LogP contribution < -0.4 is 10.4 Å². The third-order valence-corrected chi connectivity index (χ3v) is 2.08. The molecule has 15 heavy (non-hydrogen) atoms. The average molecular weight is 204 g/mol. The molecule has 5 nitrogen and oxygen atoms in total. The van der Waals surface area contributed by atoms with Crippen LogP contribution in [-0.2, 0) is 0 Å². The number of nitrogens with one attached hydrogen (secondary N) is 1. The summed E-state index contributed by atoms with van der Waals surface area (Å²) in [4.78, 5) is 27.9. The maximum absolute atomic E-state index is 11.1. The highest BCUT2D eigenvalue weighted by Crippen LogP contribution is 2.18. The van der Waals surface area contributed by atoms with Crippen molar-refractivity contribution in [2.24, 2.45) is 0 Å². The van der Waals surface area contributed by atoms with Crippen molar-refractivity contribution in [1.29, 1.82) is 0 Å². The normalized spacial score (nSPS) is 10.2. The quantitative estimate of drug-likeness (QED) is 0.732. The molecule has 2 rings (SSSR count). The molecular weight excluding hydrogens is 196 g/mol. The molecule has 0 bridgehead atoms. The van der Waals surface area contributed by atoms with E-state index in [9.17, 15) is 9.59 Å². The van der Waals surface area contributed by atoms with E-state index < -0.39 is 5.69 Å². The second kappa shape index (κ2) is 3.53. The van der Waals surface area contributed by atoms with Crippen molar-refractivity contribution < 1.29 is 9.53 Å². The molecule has 2 aromatic rings. The molecule has 76 valence electrons. The Kier molecular flexibility index (Phi) is 2.21. The van der Waals surface area contributed by atoms with Gasteiger partial charge in [-0.05, 0) is 12.1 Å². The number of hydrogen-bond donors (Lipinski definition) is 1. The maximum Gasteiger partial charge on any atom is 0.346 e. The number of aldehydes is 1. The van der Waals surface area contributed by atoms with Crippen molar-refractivity contribution in [3.63, 3.8) is 0 Å². The largest absolute Gasteiger partial charge is 0.497 e. The van der Waals surface area contributed by atoms with E-state index in [1.165, 1.54) is 7.11 Å². The smallest absolute Gasteiger partial charge is 0.346 e. The molecule has 0 spiro atoms. The monoisotopic (exact) mass is 204 g/mol. The zero-order valence-corrected chi connectivity index (χ0v) is 7.98. The minimum Gasteiger partial charge on any atom is -0.497 e. The standard InChI is InChI=1S/C10H8N2O3/c1-15-6-2-3-7-8(4-6)11-10(14)12-9(7)5-13/h2-5H,1H3,(H,11,12,14). The van der Waals surface area contributed by atoms with Crippen LogP contribution in [-0.4, -0.2) is 23.4 Å². The molecule has 0 unspecified atom stereocenters. The highest BCUT2D eigenvalue weighted by atomic mass is 16.5. The van der Waals surface area contributed by atoms with E-state index in [0.29, 0.717) is 22.9 Å². The summed E-state index contributed by atoms with van der Waals surface area (Å²) in [6.45, 7) is 0. The molecule has 5 heteroatoms. The first kappa shape index (κ1) is 9.39. The minimum absolute atomic E-state index is 0.229. The van der Waals surface area contributed by atoms with Crippen molar-refractivity contribution >= 4 is 17.2 Å². The number of methoxy groups -OCH3 is 1. The number of ether oxygens (including phenoxy) is 1. The van der Waals surface area contributed by atoms with Crippen LogP contribution >= 0.6 is 0 Å². The van der Waals surface area contributed by atoms with E-state index in [4.69, 9.17) is 4.74 Å². The van der Waals surface area contributed by atoms with Crippen LogP contribution in [0.15, 0.2) is 23.0 Å². The summed E-state index contributed by atoms with van der Waals surface area (Å²) < 4.78 is 5.00. The summed E-state index contributed by atoms with van der Waals surface area (Å²) in [6.07, 6.45) is 0.595. The lowest BCUT2D eigenvalue weighted by atomic mass is 10.2. The van der Waals surface area contributed by atoms with Gasteiger partial charge in [-0.1, -0.05) is 0 Å². The summed E-state index contributed by atoms with van der Waals surface area (Å²) in [7, 11) is 1.52. The number of aromatic nitrogens is 2. The Labute approximate surface area is 84.7 Å². The van der Waals surface area contributed by atoms with E-state index >= 15 is 0 Å². The number of benzene rings is 1. The van der Waals surface area contributed by atoms with Gasteiger partial charge in [-0.25, -0.2) is 4.79 Å². The van der Waals surface area contributed by atoms with Gasteiger partial charge in [0.05, 0.1) is 18.3 Å². The van der Waals surface area contributed by atoms with Gasteiger partial charge < -0.3 is 9.72 Å².